The van der Waals surface area contributed by atoms with Crippen molar-refractivity contribution in [1.29, 1.82) is 0 Å². The Morgan fingerprint density at radius 3 is 2.60 bits per heavy atom. The molecule has 0 spiro atoms. The molecule has 0 saturated carbocycles. The van der Waals surface area contributed by atoms with Crippen LogP contribution in [0.2, 0.25) is 5.02 Å². The van der Waals surface area contributed by atoms with Gasteiger partial charge in [-0.2, -0.15) is 9.78 Å². The zero-order valence-corrected chi connectivity index (χ0v) is 23.5. The molecule has 0 bridgehead atoms. The van der Waals surface area contributed by atoms with Crippen LogP contribution in [0.25, 0.3) is 33.5 Å². The highest BCUT2D eigenvalue weighted by Gasteiger charge is 2.18. The molecule has 0 unspecified atom stereocenters. The van der Waals surface area contributed by atoms with Crippen LogP contribution in [0.4, 0.5) is 0 Å². The third-order valence-electron chi connectivity index (χ3n) is 6.28. The van der Waals surface area contributed by atoms with Gasteiger partial charge in [-0.1, -0.05) is 60.1 Å². The molecule has 198 valence electrons. The SMILES string of the molecule is COc1cccc2oc(-c3nc4ccccc4c(=O)n3N=Cc3cc(Cl)c(OCc4ccccc4)c(Br)c3)cc12. The maximum atomic E-state index is 13.6. The molecule has 0 N–H and O–H groups in total. The Bertz CT molecular complexity index is 1930. The smallest absolute Gasteiger partial charge is 0.282 e. The van der Waals surface area contributed by atoms with Crippen LogP contribution >= 0.6 is 27.5 Å². The van der Waals surface area contributed by atoms with E-state index < -0.39 is 0 Å². The minimum atomic E-state index is -0.336. The first-order valence-corrected chi connectivity index (χ1v) is 13.5. The summed E-state index contributed by atoms with van der Waals surface area (Å²) in [6.07, 6.45) is 1.54. The van der Waals surface area contributed by atoms with Gasteiger partial charge in [-0.3, -0.25) is 4.79 Å². The number of halogens is 2. The van der Waals surface area contributed by atoms with Crippen molar-refractivity contribution in [2.24, 2.45) is 5.10 Å². The molecular formula is C31H21BrClN3O4. The van der Waals surface area contributed by atoms with E-state index in [-0.39, 0.29) is 11.4 Å². The first-order chi connectivity index (χ1) is 19.5. The second-order valence-corrected chi connectivity index (χ2v) is 10.1. The summed E-state index contributed by atoms with van der Waals surface area (Å²) in [4.78, 5) is 18.3. The van der Waals surface area contributed by atoms with Gasteiger partial charge in [-0.05, 0) is 69.5 Å². The van der Waals surface area contributed by atoms with E-state index >= 15 is 0 Å². The molecular weight excluding hydrogens is 594 g/mol. The highest BCUT2D eigenvalue weighted by atomic mass is 79.9. The second-order valence-electron chi connectivity index (χ2n) is 8.88. The fourth-order valence-corrected chi connectivity index (χ4v) is 5.35. The fraction of sp³-hybridized carbons (Fsp3) is 0.0645. The Balaban J connectivity index is 1.40. The molecule has 9 heteroatoms. The highest BCUT2D eigenvalue weighted by molar-refractivity contribution is 9.10. The standard InChI is InChI=1S/C31H21BrClN3O4/c1-38-26-12-7-13-27-22(26)16-28(40-27)30-35-25-11-6-5-10-21(25)31(37)36(30)34-17-20-14-23(32)29(24(33)15-20)39-18-19-8-3-2-4-9-19/h2-17H,18H2,1H3. The lowest BCUT2D eigenvalue weighted by Gasteiger charge is -2.11. The van der Waals surface area contributed by atoms with Crippen LogP contribution in [-0.4, -0.2) is 23.0 Å². The molecule has 6 aromatic rings. The van der Waals surface area contributed by atoms with Gasteiger partial charge in [-0.25, -0.2) is 4.98 Å². The molecule has 0 radical (unpaired) electrons. The van der Waals surface area contributed by atoms with E-state index in [2.05, 4.69) is 21.0 Å². The number of methoxy groups -OCH3 is 1. The van der Waals surface area contributed by atoms with Crippen LogP contribution < -0.4 is 15.0 Å². The number of para-hydroxylation sites is 1. The van der Waals surface area contributed by atoms with Crippen LogP contribution in [0.5, 0.6) is 11.5 Å². The quantitative estimate of drug-likeness (QED) is 0.172. The molecule has 0 saturated heterocycles. The maximum Gasteiger partial charge on any atom is 0.282 e. The van der Waals surface area contributed by atoms with Gasteiger partial charge < -0.3 is 13.9 Å². The van der Waals surface area contributed by atoms with Gasteiger partial charge in [0, 0.05) is 0 Å². The van der Waals surface area contributed by atoms with E-state index in [1.54, 1.807) is 43.7 Å². The van der Waals surface area contributed by atoms with Gasteiger partial charge in [0.25, 0.3) is 5.56 Å². The van der Waals surface area contributed by atoms with E-state index in [9.17, 15) is 4.79 Å². The average Bonchev–Trinajstić information content (AvgIpc) is 3.41. The predicted molar refractivity (Wildman–Crippen MR) is 161 cm³/mol. The number of hydrogen-bond acceptors (Lipinski definition) is 6. The summed E-state index contributed by atoms with van der Waals surface area (Å²) >= 11 is 10.1. The third-order valence-corrected chi connectivity index (χ3v) is 7.15. The van der Waals surface area contributed by atoms with Crippen LogP contribution in [-0.2, 0) is 6.61 Å². The van der Waals surface area contributed by atoms with Crippen LogP contribution in [0.3, 0.4) is 0 Å². The van der Waals surface area contributed by atoms with Crippen molar-refractivity contribution in [2.75, 3.05) is 7.11 Å². The molecule has 4 aromatic carbocycles. The fourth-order valence-electron chi connectivity index (χ4n) is 4.36. The minimum absolute atomic E-state index is 0.256. The number of furan rings is 1. The van der Waals surface area contributed by atoms with Gasteiger partial charge >= 0.3 is 0 Å². The molecule has 2 aromatic heterocycles. The molecule has 2 heterocycles. The van der Waals surface area contributed by atoms with Gasteiger partial charge in [0.15, 0.2) is 11.5 Å². The Kier molecular flexibility index (Phi) is 7.11. The largest absolute Gasteiger partial charge is 0.496 e. The first kappa shape index (κ1) is 25.9. The van der Waals surface area contributed by atoms with Crippen molar-refractivity contribution >= 4 is 55.6 Å². The van der Waals surface area contributed by atoms with Gasteiger partial charge in [-0.15, -0.1) is 0 Å². The normalized spacial score (nSPS) is 11.5. The first-order valence-electron chi connectivity index (χ1n) is 12.3. The number of nitrogens with zero attached hydrogens (tertiary/aromatic N) is 3. The topological polar surface area (TPSA) is 78.9 Å². The zero-order chi connectivity index (χ0) is 27.6. The number of rotatable bonds is 7. The van der Waals surface area contributed by atoms with E-state index in [1.807, 2.05) is 60.7 Å². The number of aromatic nitrogens is 2. The van der Waals surface area contributed by atoms with Crippen molar-refractivity contribution in [2.45, 2.75) is 6.61 Å². The summed E-state index contributed by atoms with van der Waals surface area (Å²) in [5.74, 6) is 1.80. The van der Waals surface area contributed by atoms with Crippen molar-refractivity contribution in [3.63, 3.8) is 0 Å². The Morgan fingerprint density at radius 1 is 1.00 bits per heavy atom. The molecule has 0 amide bonds. The van der Waals surface area contributed by atoms with Crippen molar-refractivity contribution < 1.29 is 13.9 Å². The van der Waals surface area contributed by atoms with E-state index in [0.29, 0.717) is 55.4 Å². The summed E-state index contributed by atoms with van der Waals surface area (Å²) in [5.41, 5.74) is 2.48. The summed E-state index contributed by atoms with van der Waals surface area (Å²) < 4.78 is 19.4. The number of hydrogen-bond donors (Lipinski definition) is 0. The van der Waals surface area contributed by atoms with Crippen LogP contribution in [0, 0.1) is 0 Å². The van der Waals surface area contributed by atoms with Crippen molar-refractivity contribution in [3.05, 3.63) is 122 Å². The molecule has 0 aliphatic rings. The van der Waals surface area contributed by atoms with Gasteiger partial charge in [0.1, 0.15) is 17.9 Å². The molecule has 0 fully saturated rings. The molecule has 6 rings (SSSR count). The highest BCUT2D eigenvalue weighted by Crippen LogP contribution is 2.35. The Labute approximate surface area is 242 Å². The second kappa shape index (κ2) is 11.0. The molecule has 40 heavy (non-hydrogen) atoms. The Hall–Kier alpha value is -4.40. The third kappa shape index (κ3) is 4.99. The lowest BCUT2D eigenvalue weighted by atomic mass is 10.2. The summed E-state index contributed by atoms with van der Waals surface area (Å²) in [6.45, 7) is 0.371. The van der Waals surface area contributed by atoms with Crippen molar-refractivity contribution in [3.8, 4) is 23.1 Å². The summed E-state index contributed by atoms with van der Waals surface area (Å²) in [7, 11) is 1.59. The van der Waals surface area contributed by atoms with Gasteiger partial charge in [0.2, 0.25) is 5.82 Å². The van der Waals surface area contributed by atoms with E-state index in [0.717, 1.165) is 10.9 Å². The lowest BCUT2D eigenvalue weighted by molar-refractivity contribution is 0.304. The van der Waals surface area contributed by atoms with Crippen LogP contribution in [0.15, 0.2) is 110 Å². The number of fused-ring (bicyclic) bond motifs is 2. The van der Waals surface area contributed by atoms with Crippen molar-refractivity contribution in [1.82, 2.24) is 9.66 Å². The maximum absolute atomic E-state index is 13.6. The summed E-state index contributed by atoms with van der Waals surface area (Å²) in [6, 6.07) is 27.8. The minimum Gasteiger partial charge on any atom is -0.496 e. The van der Waals surface area contributed by atoms with Crippen LogP contribution in [0.1, 0.15) is 11.1 Å². The Morgan fingerprint density at radius 2 is 1.80 bits per heavy atom. The molecule has 7 nitrogen and oxygen atoms in total. The molecule has 0 aliphatic carbocycles. The summed E-state index contributed by atoms with van der Waals surface area (Å²) in [5, 5.41) is 6.12. The monoisotopic (exact) mass is 613 g/mol. The molecule has 0 atom stereocenters. The number of benzene rings is 4. The lowest BCUT2D eigenvalue weighted by Crippen LogP contribution is -2.20. The average molecular weight is 615 g/mol. The van der Waals surface area contributed by atoms with Gasteiger partial charge in [0.05, 0.1) is 39.1 Å². The number of ether oxygens (including phenoxy) is 2. The van der Waals surface area contributed by atoms with E-state index in [1.165, 1.54) is 4.68 Å². The predicted octanol–water partition coefficient (Wildman–Crippen LogP) is 7.70. The molecule has 0 aliphatic heterocycles. The zero-order valence-electron chi connectivity index (χ0n) is 21.2. The van der Waals surface area contributed by atoms with E-state index in [4.69, 9.17) is 30.5 Å².